The first kappa shape index (κ1) is 16.7. The lowest BCUT2D eigenvalue weighted by Gasteiger charge is -2.25. The molecule has 0 aromatic heterocycles. The first-order valence-corrected chi connectivity index (χ1v) is 6.95. The molecule has 0 fully saturated rings. The smallest absolute Gasteiger partial charge is 0.220 e. The van der Waals surface area contributed by atoms with Crippen LogP contribution in [0.3, 0.4) is 0 Å². The average Bonchev–Trinajstić information content (AvgIpc) is 2.44. The molecule has 2 N–H and O–H groups in total. The molecule has 1 unspecified atom stereocenters. The zero-order valence-electron chi connectivity index (χ0n) is 12.6. The van der Waals surface area contributed by atoms with Crippen molar-refractivity contribution in [3.8, 4) is 0 Å². The summed E-state index contributed by atoms with van der Waals surface area (Å²) < 4.78 is 4.81. The molecular weight excluding hydrogens is 254 g/mol. The van der Waals surface area contributed by atoms with E-state index in [4.69, 9.17) is 4.74 Å². The molecule has 4 heteroatoms. The van der Waals surface area contributed by atoms with Gasteiger partial charge >= 0.3 is 0 Å². The number of amides is 1. The van der Waals surface area contributed by atoms with Crippen molar-refractivity contribution < 1.29 is 14.6 Å². The third kappa shape index (κ3) is 5.72. The van der Waals surface area contributed by atoms with E-state index in [0.717, 1.165) is 6.42 Å². The standard InChI is InChI=1S/C16H25NO3/c1-16(2,13-7-5-4-6-8-13)10-9-15(19)17-11-14(18)12-20-3/h4-8,14,18H,9-12H2,1-3H3,(H,17,19). The normalized spacial score (nSPS) is 13.0. The van der Waals surface area contributed by atoms with E-state index in [1.54, 1.807) is 0 Å². The van der Waals surface area contributed by atoms with Crippen molar-refractivity contribution in [3.05, 3.63) is 35.9 Å². The molecule has 0 bridgehead atoms. The molecule has 0 aliphatic heterocycles. The second-order valence-corrected chi connectivity index (χ2v) is 5.66. The lowest BCUT2D eigenvalue weighted by molar-refractivity contribution is -0.122. The third-order valence-corrected chi connectivity index (χ3v) is 3.43. The van der Waals surface area contributed by atoms with Crippen LogP contribution in [0.5, 0.6) is 0 Å². The molecule has 112 valence electrons. The minimum Gasteiger partial charge on any atom is -0.389 e. The monoisotopic (exact) mass is 279 g/mol. The van der Waals surface area contributed by atoms with Gasteiger partial charge in [-0.2, -0.15) is 0 Å². The maximum Gasteiger partial charge on any atom is 0.220 e. The summed E-state index contributed by atoms with van der Waals surface area (Å²) >= 11 is 0. The Kier molecular flexibility index (Phi) is 6.68. The second-order valence-electron chi connectivity index (χ2n) is 5.66. The van der Waals surface area contributed by atoms with Crippen LogP contribution in [0.2, 0.25) is 0 Å². The van der Waals surface area contributed by atoms with Crippen LogP contribution in [0.4, 0.5) is 0 Å². The van der Waals surface area contributed by atoms with Crippen molar-refractivity contribution in [1.29, 1.82) is 0 Å². The summed E-state index contributed by atoms with van der Waals surface area (Å²) in [6.07, 6.45) is 0.566. The Balaban J connectivity index is 2.37. The first-order chi connectivity index (χ1) is 9.45. The van der Waals surface area contributed by atoms with Gasteiger partial charge in [0.15, 0.2) is 0 Å². The van der Waals surface area contributed by atoms with Crippen LogP contribution in [0, 0.1) is 0 Å². The highest BCUT2D eigenvalue weighted by atomic mass is 16.5. The molecule has 1 rings (SSSR count). The Morgan fingerprint density at radius 3 is 2.60 bits per heavy atom. The zero-order valence-corrected chi connectivity index (χ0v) is 12.6. The Morgan fingerprint density at radius 2 is 2.00 bits per heavy atom. The molecule has 1 aromatic rings. The number of carbonyl (C=O) groups is 1. The van der Waals surface area contributed by atoms with Crippen LogP contribution in [0.25, 0.3) is 0 Å². The number of aliphatic hydroxyl groups is 1. The second kappa shape index (κ2) is 8.02. The Morgan fingerprint density at radius 1 is 1.35 bits per heavy atom. The molecule has 0 heterocycles. The van der Waals surface area contributed by atoms with E-state index in [9.17, 15) is 9.90 Å². The van der Waals surface area contributed by atoms with Gasteiger partial charge in [0.1, 0.15) is 0 Å². The number of ether oxygens (including phenoxy) is 1. The molecule has 20 heavy (non-hydrogen) atoms. The molecular formula is C16H25NO3. The summed E-state index contributed by atoms with van der Waals surface area (Å²) in [7, 11) is 1.52. The van der Waals surface area contributed by atoms with Crippen molar-refractivity contribution in [1.82, 2.24) is 5.32 Å². The van der Waals surface area contributed by atoms with E-state index in [1.807, 2.05) is 18.2 Å². The highest BCUT2D eigenvalue weighted by Crippen LogP contribution is 2.27. The van der Waals surface area contributed by atoms with Gasteiger partial charge in [-0.1, -0.05) is 44.2 Å². The van der Waals surface area contributed by atoms with Crippen molar-refractivity contribution in [2.45, 2.75) is 38.2 Å². The van der Waals surface area contributed by atoms with Gasteiger partial charge in [-0.3, -0.25) is 4.79 Å². The summed E-state index contributed by atoms with van der Waals surface area (Å²) in [5, 5.41) is 12.2. The Bertz CT molecular complexity index is 403. The van der Waals surface area contributed by atoms with Crippen molar-refractivity contribution in [2.24, 2.45) is 0 Å². The maximum atomic E-state index is 11.8. The maximum absolute atomic E-state index is 11.8. The van der Waals surface area contributed by atoms with Crippen LogP contribution >= 0.6 is 0 Å². The number of hydrogen-bond donors (Lipinski definition) is 2. The van der Waals surface area contributed by atoms with Crippen LogP contribution in [-0.4, -0.2) is 37.4 Å². The number of nitrogens with one attached hydrogen (secondary N) is 1. The van der Waals surface area contributed by atoms with Gasteiger partial charge in [-0.25, -0.2) is 0 Å². The van der Waals surface area contributed by atoms with E-state index >= 15 is 0 Å². The summed E-state index contributed by atoms with van der Waals surface area (Å²) in [4.78, 5) is 11.8. The lowest BCUT2D eigenvalue weighted by atomic mass is 9.80. The van der Waals surface area contributed by atoms with E-state index in [-0.39, 0.29) is 24.5 Å². The summed E-state index contributed by atoms with van der Waals surface area (Å²) in [6.45, 7) is 4.74. The minimum atomic E-state index is -0.647. The number of rotatable bonds is 8. The molecule has 1 atom stereocenters. The lowest BCUT2D eigenvalue weighted by Crippen LogP contribution is -2.35. The molecule has 0 saturated carbocycles. The van der Waals surface area contributed by atoms with Crippen LogP contribution in [0.15, 0.2) is 30.3 Å². The van der Waals surface area contributed by atoms with Gasteiger partial charge in [0, 0.05) is 20.1 Å². The number of methoxy groups -OCH3 is 1. The van der Waals surface area contributed by atoms with Gasteiger partial charge < -0.3 is 15.2 Å². The van der Waals surface area contributed by atoms with Crippen molar-refractivity contribution >= 4 is 5.91 Å². The molecule has 0 spiro atoms. The minimum absolute atomic E-state index is 0.0378. The van der Waals surface area contributed by atoms with E-state index in [0.29, 0.717) is 6.42 Å². The number of hydrogen-bond acceptors (Lipinski definition) is 3. The predicted octanol–water partition coefficient (Wildman–Crippen LogP) is 1.87. The fraction of sp³-hybridized carbons (Fsp3) is 0.562. The average molecular weight is 279 g/mol. The molecule has 0 aliphatic carbocycles. The summed E-state index contributed by atoms with van der Waals surface area (Å²) in [5.41, 5.74) is 1.19. The van der Waals surface area contributed by atoms with Gasteiger partial charge in [0.25, 0.3) is 0 Å². The molecule has 0 radical (unpaired) electrons. The van der Waals surface area contributed by atoms with Crippen LogP contribution < -0.4 is 5.32 Å². The fourth-order valence-corrected chi connectivity index (χ4v) is 2.03. The fourth-order valence-electron chi connectivity index (χ4n) is 2.03. The van der Waals surface area contributed by atoms with E-state index in [1.165, 1.54) is 12.7 Å². The quantitative estimate of drug-likeness (QED) is 0.763. The zero-order chi connectivity index (χ0) is 15.0. The highest BCUT2D eigenvalue weighted by molar-refractivity contribution is 5.76. The molecule has 0 aliphatic rings. The summed E-state index contributed by atoms with van der Waals surface area (Å²) in [6, 6.07) is 10.2. The largest absolute Gasteiger partial charge is 0.389 e. The van der Waals surface area contributed by atoms with Gasteiger partial charge in [0.2, 0.25) is 5.91 Å². The third-order valence-electron chi connectivity index (χ3n) is 3.43. The van der Waals surface area contributed by atoms with Gasteiger partial charge in [0.05, 0.1) is 12.7 Å². The SMILES string of the molecule is COCC(O)CNC(=O)CCC(C)(C)c1ccccc1. The first-order valence-electron chi connectivity index (χ1n) is 6.95. The Labute approximate surface area is 121 Å². The van der Waals surface area contributed by atoms with Crippen molar-refractivity contribution in [3.63, 3.8) is 0 Å². The van der Waals surface area contributed by atoms with Crippen LogP contribution in [-0.2, 0) is 14.9 Å². The van der Waals surface area contributed by atoms with E-state index in [2.05, 4.69) is 31.3 Å². The van der Waals surface area contributed by atoms with Gasteiger partial charge in [-0.15, -0.1) is 0 Å². The number of carbonyl (C=O) groups excluding carboxylic acids is 1. The predicted molar refractivity (Wildman–Crippen MR) is 79.6 cm³/mol. The number of benzene rings is 1. The summed E-state index contributed by atoms with van der Waals surface area (Å²) in [5.74, 6) is -0.0378. The Hall–Kier alpha value is -1.39. The van der Waals surface area contributed by atoms with Gasteiger partial charge in [-0.05, 0) is 17.4 Å². The van der Waals surface area contributed by atoms with Crippen LogP contribution in [0.1, 0.15) is 32.3 Å². The topological polar surface area (TPSA) is 58.6 Å². The molecule has 1 aromatic carbocycles. The molecule has 0 saturated heterocycles. The van der Waals surface area contributed by atoms with Crippen molar-refractivity contribution in [2.75, 3.05) is 20.3 Å². The molecule has 1 amide bonds. The van der Waals surface area contributed by atoms with E-state index < -0.39 is 6.10 Å². The number of aliphatic hydroxyl groups excluding tert-OH is 1. The molecule has 4 nitrogen and oxygen atoms in total. The highest BCUT2D eigenvalue weighted by Gasteiger charge is 2.21.